The van der Waals surface area contributed by atoms with Crippen LogP contribution < -0.4 is 5.32 Å². The molecule has 1 atom stereocenters. The summed E-state index contributed by atoms with van der Waals surface area (Å²) in [5, 5.41) is 26.6. The molecule has 0 saturated heterocycles. The van der Waals surface area contributed by atoms with Gasteiger partial charge in [0.1, 0.15) is 31.7 Å². The zero-order valence-electron chi connectivity index (χ0n) is 29.0. The summed E-state index contributed by atoms with van der Waals surface area (Å²) in [6.07, 6.45) is 1.81. The molecule has 0 aliphatic carbocycles. The normalized spacial score (nSPS) is 11.5. The van der Waals surface area contributed by atoms with Gasteiger partial charge >= 0.3 is 12.1 Å². The van der Waals surface area contributed by atoms with Crippen molar-refractivity contribution in [2.24, 2.45) is 0 Å². The Labute approximate surface area is 309 Å². The fourth-order valence-corrected chi connectivity index (χ4v) is 5.72. The molecule has 0 radical (unpaired) electrons. The molecule has 17 heteroatoms. The summed E-state index contributed by atoms with van der Waals surface area (Å²) < 4.78 is 18.1. The molecular formula is C36H39ClN8O8. The van der Waals surface area contributed by atoms with E-state index in [1.54, 1.807) is 0 Å². The zero-order chi connectivity index (χ0) is 37.4. The van der Waals surface area contributed by atoms with E-state index in [2.05, 4.69) is 42.7 Å². The number of H-pyrrole nitrogens is 1. The third kappa shape index (κ3) is 11.3. The van der Waals surface area contributed by atoms with Crippen molar-refractivity contribution >= 4 is 23.7 Å². The average molecular weight is 747 g/mol. The number of imidazole rings is 1. The molecule has 5 aromatic rings. The Morgan fingerprint density at radius 2 is 1.68 bits per heavy atom. The lowest BCUT2D eigenvalue weighted by molar-refractivity contribution is -0.758. The minimum absolute atomic E-state index is 0.0194. The molecule has 3 aromatic carbocycles. The Morgan fingerprint density at radius 3 is 2.40 bits per heavy atom. The third-order valence-corrected chi connectivity index (χ3v) is 8.37. The van der Waals surface area contributed by atoms with Crippen LogP contribution in [0.1, 0.15) is 42.4 Å². The lowest BCUT2D eigenvalue weighted by atomic mass is 9.98. The number of unbranched alkanes of at least 4 members (excludes halogenated alkanes) is 1. The maximum Gasteiger partial charge on any atom is 0.408 e. The van der Waals surface area contributed by atoms with Crippen LogP contribution in [-0.4, -0.2) is 79.8 Å². The number of ether oxygens (including phenoxy) is 3. The van der Waals surface area contributed by atoms with Crippen LogP contribution in [0.2, 0.25) is 5.15 Å². The van der Waals surface area contributed by atoms with E-state index >= 15 is 0 Å². The first-order valence-electron chi connectivity index (χ1n) is 17.0. The maximum absolute atomic E-state index is 13.1. The number of hydrogen-bond donors (Lipinski definition) is 2. The molecule has 16 nitrogen and oxygen atoms in total. The number of benzene rings is 3. The van der Waals surface area contributed by atoms with Crippen LogP contribution in [0, 0.1) is 10.1 Å². The summed E-state index contributed by atoms with van der Waals surface area (Å²) in [5.74, 6) is 0.560. The summed E-state index contributed by atoms with van der Waals surface area (Å²) >= 11 is 6.64. The highest BCUT2D eigenvalue weighted by atomic mass is 35.5. The topological polar surface area (TPSA) is 199 Å². The fraction of sp³-hybridized carbons (Fsp3) is 0.333. The number of alkyl carbamates (subject to hydrolysis) is 1. The van der Waals surface area contributed by atoms with Crippen LogP contribution in [0.4, 0.5) is 4.79 Å². The van der Waals surface area contributed by atoms with Crippen molar-refractivity contribution in [1.29, 1.82) is 0 Å². The standard InChI is InChI=1S/C36H39ClN8O8/c1-2-3-13-32-39-33(37)31(44(32)23-26-14-16-27(17-15-26)28-11-7-8-12-29(28)34-40-42-43-41-34)24-52-36(47)38-30(22-25-9-5-4-6-10-25)35(46)51-20-18-50-19-21-53-45(48)49/h4-12,14-17,30H,2-3,13,18-24H2,1H3,(H,38,47)(H,40,41,42,43). The molecule has 0 fully saturated rings. The van der Waals surface area contributed by atoms with Gasteiger partial charge in [-0.2, -0.15) is 5.21 Å². The van der Waals surface area contributed by atoms with Crippen molar-refractivity contribution < 1.29 is 33.7 Å². The second-order valence-corrected chi connectivity index (χ2v) is 12.1. The van der Waals surface area contributed by atoms with E-state index in [0.29, 0.717) is 24.5 Å². The number of nitrogens with zero attached hydrogens (tertiary/aromatic N) is 6. The molecule has 1 unspecified atom stereocenters. The second-order valence-electron chi connectivity index (χ2n) is 11.7. The van der Waals surface area contributed by atoms with Crippen molar-refractivity contribution in [2.75, 3.05) is 26.4 Å². The molecule has 2 N–H and O–H groups in total. The number of halogens is 1. The summed E-state index contributed by atoms with van der Waals surface area (Å²) in [4.78, 5) is 45.2. The smallest absolute Gasteiger partial charge is 0.408 e. The molecule has 0 aliphatic rings. The van der Waals surface area contributed by atoms with E-state index < -0.39 is 23.2 Å². The lowest BCUT2D eigenvalue weighted by Gasteiger charge is -2.18. The van der Waals surface area contributed by atoms with E-state index in [1.165, 1.54) is 0 Å². The van der Waals surface area contributed by atoms with Crippen molar-refractivity contribution in [3.63, 3.8) is 0 Å². The van der Waals surface area contributed by atoms with Crippen LogP contribution in [0.25, 0.3) is 22.5 Å². The second kappa shape index (κ2) is 19.7. The highest BCUT2D eigenvalue weighted by Gasteiger charge is 2.25. The molecule has 278 valence electrons. The molecule has 2 aromatic heterocycles. The van der Waals surface area contributed by atoms with Crippen LogP contribution in [0.5, 0.6) is 0 Å². The summed E-state index contributed by atoms with van der Waals surface area (Å²) in [7, 11) is 0. The number of nitrogens with one attached hydrogen (secondary N) is 2. The number of amides is 1. The SMILES string of the molecule is CCCCc1nc(Cl)c(COC(=O)NC(Cc2ccccc2)C(=O)OCCOCCO[N+](=O)[O-])n1Cc1ccc(-c2ccccc2-c2nn[nH]n2)cc1. The van der Waals surface area contributed by atoms with E-state index in [4.69, 9.17) is 25.8 Å². The maximum atomic E-state index is 13.1. The Bertz CT molecular complexity index is 1920. The van der Waals surface area contributed by atoms with Gasteiger partial charge in [-0.05, 0) is 33.9 Å². The van der Waals surface area contributed by atoms with E-state index in [-0.39, 0.29) is 44.6 Å². The minimum atomic E-state index is -1.08. The van der Waals surface area contributed by atoms with Gasteiger partial charge in [-0.15, -0.1) is 20.3 Å². The van der Waals surface area contributed by atoms with E-state index in [1.807, 2.05) is 83.4 Å². The fourth-order valence-electron chi connectivity index (χ4n) is 5.47. The average Bonchev–Trinajstić information content (AvgIpc) is 3.81. The summed E-state index contributed by atoms with van der Waals surface area (Å²) in [5.41, 5.74) is 5.05. The first kappa shape index (κ1) is 38.4. The van der Waals surface area contributed by atoms with Crippen molar-refractivity contribution in [2.45, 2.75) is 51.8 Å². The van der Waals surface area contributed by atoms with E-state index in [9.17, 15) is 19.7 Å². The Balaban J connectivity index is 1.25. The number of carbonyl (C=O) groups excluding carboxylic acids is 2. The van der Waals surface area contributed by atoms with Gasteiger partial charge in [0.25, 0.3) is 5.09 Å². The van der Waals surface area contributed by atoms with Crippen LogP contribution >= 0.6 is 11.6 Å². The molecule has 2 heterocycles. The number of tetrazole rings is 1. The van der Waals surface area contributed by atoms with E-state index in [0.717, 1.165) is 46.5 Å². The van der Waals surface area contributed by atoms with Gasteiger partial charge in [0.05, 0.1) is 18.9 Å². The molecule has 0 bridgehead atoms. The molecule has 0 saturated carbocycles. The quantitative estimate of drug-likeness (QED) is 0.0447. The summed E-state index contributed by atoms with van der Waals surface area (Å²) in [6.45, 7) is 1.85. The number of aryl methyl sites for hydroxylation is 1. The van der Waals surface area contributed by atoms with Gasteiger partial charge < -0.3 is 28.9 Å². The van der Waals surface area contributed by atoms with Crippen molar-refractivity contribution in [3.8, 4) is 22.5 Å². The number of hydrogen-bond acceptors (Lipinski definition) is 12. The molecule has 0 spiro atoms. The van der Waals surface area contributed by atoms with Crippen LogP contribution in [0.3, 0.4) is 0 Å². The van der Waals surface area contributed by atoms with Crippen LogP contribution in [-0.2, 0) is 49.8 Å². The van der Waals surface area contributed by atoms with Crippen molar-refractivity contribution in [3.05, 3.63) is 117 Å². The van der Waals surface area contributed by atoms with Gasteiger partial charge in [0, 0.05) is 24.9 Å². The predicted octanol–water partition coefficient (Wildman–Crippen LogP) is 5.38. The highest BCUT2D eigenvalue weighted by Crippen LogP contribution is 2.30. The van der Waals surface area contributed by atoms with Gasteiger partial charge in [-0.1, -0.05) is 104 Å². The number of aromatic nitrogens is 6. The monoisotopic (exact) mass is 746 g/mol. The molecule has 53 heavy (non-hydrogen) atoms. The lowest BCUT2D eigenvalue weighted by Crippen LogP contribution is -2.44. The molecule has 0 aliphatic heterocycles. The molecule has 5 rings (SSSR count). The number of rotatable bonds is 20. The largest absolute Gasteiger partial charge is 0.462 e. The van der Waals surface area contributed by atoms with Gasteiger partial charge in [-0.3, -0.25) is 0 Å². The predicted molar refractivity (Wildman–Crippen MR) is 192 cm³/mol. The van der Waals surface area contributed by atoms with Crippen molar-refractivity contribution in [1.82, 2.24) is 35.5 Å². The van der Waals surface area contributed by atoms with Gasteiger partial charge in [0.15, 0.2) is 5.15 Å². The Hall–Kier alpha value is -5.87. The third-order valence-electron chi connectivity index (χ3n) is 8.07. The van der Waals surface area contributed by atoms with Gasteiger partial charge in [0.2, 0.25) is 5.82 Å². The Morgan fingerprint density at radius 1 is 0.943 bits per heavy atom. The zero-order valence-corrected chi connectivity index (χ0v) is 29.7. The molecule has 1 amide bonds. The summed E-state index contributed by atoms with van der Waals surface area (Å²) in [6, 6.07) is 23.9. The van der Waals surface area contributed by atoms with Gasteiger partial charge in [-0.25, -0.2) is 14.6 Å². The van der Waals surface area contributed by atoms with Crippen LogP contribution in [0.15, 0.2) is 78.9 Å². The first-order valence-corrected chi connectivity index (χ1v) is 17.3. The number of esters is 1. The number of carbonyl (C=O) groups is 2. The first-order chi connectivity index (χ1) is 25.8. The molecular weight excluding hydrogens is 708 g/mol. The minimum Gasteiger partial charge on any atom is -0.462 e. The highest BCUT2D eigenvalue weighted by molar-refractivity contribution is 6.30. The Kier molecular flexibility index (Phi) is 14.2. The number of aromatic amines is 1.